The summed E-state index contributed by atoms with van der Waals surface area (Å²) in [6.45, 7) is 0.822. The van der Waals surface area contributed by atoms with Gasteiger partial charge in [-0.2, -0.15) is 0 Å². The van der Waals surface area contributed by atoms with E-state index in [1.165, 1.54) is 4.90 Å². The molecule has 1 rings (SSSR count). The van der Waals surface area contributed by atoms with Gasteiger partial charge < -0.3 is 20.3 Å². The molecule has 6 nitrogen and oxygen atoms in total. The minimum Gasteiger partial charge on any atom is -0.484 e. The molecule has 0 aliphatic carbocycles. The number of carbonyl (C=O) groups is 2. The zero-order chi connectivity index (χ0) is 15.7. The molecule has 0 aromatic heterocycles. The van der Waals surface area contributed by atoms with E-state index >= 15 is 0 Å². The molecule has 6 heteroatoms. The molecule has 0 spiro atoms. The molecule has 2 N–H and O–H groups in total. The van der Waals surface area contributed by atoms with Crippen molar-refractivity contribution in [1.29, 1.82) is 0 Å². The molecule has 2 amide bonds. The van der Waals surface area contributed by atoms with Gasteiger partial charge in [0.25, 0.3) is 5.91 Å². The van der Waals surface area contributed by atoms with Gasteiger partial charge in [-0.25, -0.2) is 0 Å². The molecule has 0 atom stereocenters. The molecular formula is C15H23N3O3. The van der Waals surface area contributed by atoms with Gasteiger partial charge in [0.15, 0.2) is 6.61 Å². The van der Waals surface area contributed by atoms with Crippen LogP contribution in [0, 0.1) is 0 Å². The van der Waals surface area contributed by atoms with Gasteiger partial charge >= 0.3 is 0 Å². The molecule has 0 heterocycles. The van der Waals surface area contributed by atoms with E-state index in [1.54, 1.807) is 38.4 Å². The maximum atomic E-state index is 11.6. The zero-order valence-corrected chi connectivity index (χ0v) is 12.8. The summed E-state index contributed by atoms with van der Waals surface area (Å²) in [6, 6.07) is 6.97. The maximum Gasteiger partial charge on any atom is 0.259 e. The lowest BCUT2D eigenvalue weighted by molar-refractivity contribution is -0.130. The third-order valence-electron chi connectivity index (χ3n) is 2.83. The lowest BCUT2D eigenvalue weighted by Gasteiger charge is -2.11. The first-order chi connectivity index (χ1) is 10.0. The molecular weight excluding hydrogens is 270 g/mol. The average Bonchev–Trinajstić information content (AvgIpc) is 2.46. The molecule has 1 aromatic rings. The molecule has 116 valence electrons. The molecule has 0 bridgehead atoms. The Morgan fingerprint density at radius 1 is 1.19 bits per heavy atom. The van der Waals surface area contributed by atoms with Crippen LogP contribution in [0.15, 0.2) is 24.3 Å². The van der Waals surface area contributed by atoms with E-state index in [1.807, 2.05) is 7.05 Å². The molecule has 0 aliphatic rings. The number of nitrogens with one attached hydrogen (secondary N) is 2. The summed E-state index contributed by atoms with van der Waals surface area (Å²) < 4.78 is 5.36. The Morgan fingerprint density at radius 2 is 1.86 bits per heavy atom. The highest BCUT2D eigenvalue weighted by atomic mass is 16.5. The van der Waals surface area contributed by atoms with Crippen LogP contribution < -0.4 is 15.4 Å². The fourth-order valence-corrected chi connectivity index (χ4v) is 1.56. The van der Waals surface area contributed by atoms with E-state index < -0.39 is 0 Å². The number of anilines is 1. The number of hydrogen-bond donors (Lipinski definition) is 2. The maximum absolute atomic E-state index is 11.6. The number of carbonyl (C=O) groups excluding carboxylic acids is 2. The highest BCUT2D eigenvalue weighted by Gasteiger charge is 2.05. The number of hydrogen-bond acceptors (Lipinski definition) is 4. The minimum absolute atomic E-state index is 0.00270. The van der Waals surface area contributed by atoms with Gasteiger partial charge in [-0.1, -0.05) is 0 Å². The van der Waals surface area contributed by atoms with Crippen LogP contribution in [0.1, 0.15) is 12.8 Å². The number of nitrogens with zero attached hydrogens (tertiary/aromatic N) is 1. The number of ether oxygens (including phenoxy) is 1. The Labute approximate surface area is 125 Å². The van der Waals surface area contributed by atoms with Crippen LogP contribution in [0.5, 0.6) is 5.75 Å². The van der Waals surface area contributed by atoms with E-state index in [4.69, 9.17) is 4.74 Å². The molecule has 0 saturated carbocycles. The van der Waals surface area contributed by atoms with Crippen molar-refractivity contribution in [3.8, 4) is 5.75 Å². The topological polar surface area (TPSA) is 70.7 Å². The van der Waals surface area contributed by atoms with Crippen LogP contribution >= 0.6 is 0 Å². The predicted molar refractivity (Wildman–Crippen MR) is 82.4 cm³/mol. The van der Waals surface area contributed by atoms with Gasteiger partial charge in [-0.05, 0) is 44.3 Å². The largest absolute Gasteiger partial charge is 0.484 e. The fraction of sp³-hybridized carbons (Fsp3) is 0.467. The SMILES string of the molecule is CNCCCC(=O)Nc1ccc(OCC(=O)N(C)C)cc1. The van der Waals surface area contributed by atoms with Crippen LogP contribution in [0.4, 0.5) is 5.69 Å². The first-order valence-corrected chi connectivity index (χ1v) is 6.90. The van der Waals surface area contributed by atoms with Crippen LogP contribution in [-0.4, -0.2) is 51.0 Å². The summed E-state index contributed by atoms with van der Waals surface area (Å²) in [5.41, 5.74) is 0.718. The van der Waals surface area contributed by atoms with Crippen molar-refractivity contribution in [3.63, 3.8) is 0 Å². The van der Waals surface area contributed by atoms with Crippen LogP contribution in [0.3, 0.4) is 0 Å². The summed E-state index contributed by atoms with van der Waals surface area (Å²) in [5.74, 6) is 0.483. The summed E-state index contributed by atoms with van der Waals surface area (Å²) in [4.78, 5) is 24.5. The molecule has 0 fully saturated rings. The standard InChI is InChI=1S/C15H23N3O3/c1-16-10-4-5-14(19)17-12-6-8-13(9-7-12)21-11-15(20)18(2)3/h6-9,16H,4-5,10-11H2,1-3H3,(H,17,19). The number of amides is 2. The molecule has 21 heavy (non-hydrogen) atoms. The van der Waals surface area contributed by atoms with E-state index in [0.717, 1.165) is 18.7 Å². The van der Waals surface area contributed by atoms with E-state index in [9.17, 15) is 9.59 Å². The highest BCUT2D eigenvalue weighted by molar-refractivity contribution is 5.90. The summed E-state index contributed by atoms with van der Waals surface area (Å²) in [5, 5.41) is 5.81. The summed E-state index contributed by atoms with van der Waals surface area (Å²) in [6.07, 6.45) is 1.28. The van der Waals surface area contributed by atoms with Gasteiger partial charge in [0, 0.05) is 26.2 Å². The predicted octanol–water partition coefficient (Wildman–Crippen LogP) is 1.09. The van der Waals surface area contributed by atoms with Crippen molar-refractivity contribution in [2.24, 2.45) is 0 Å². The van der Waals surface area contributed by atoms with E-state index in [2.05, 4.69) is 10.6 Å². The van der Waals surface area contributed by atoms with Crippen molar-refractivity contribution >= 4 is 17.5 Å². The summed E-state index contributed by atoms with van der Waals surface area (Å²) in [7, 11) is 5.22. The van der Waals surface area contributed by atoms with Gasteiger partial charge in [0.1, 0.15) is 5.75 Å². The Hall–Kier alpha value is -2.08. The van der Waals surface area contributed by atoms with Gasteiger partial charge in [-0.15, -0.1) is 0 Å². The number of likely N-dealkylation sites (N-methyl/N-ethyl adjacent to an activating group) is 1. The first-order valence-electron chi connectivity index (χ1n) is 6.90. The smallest absolute Gasteiger partial charge is 0.259 e. The van der Waals surface area contributed by atoms with Gasteiger partial charge in [0.05, 0.1) is 0 Å². The summed E-state index contributed by atoms with van der Waals surface area (Å²) >= 11 is 0. The zero-order valence-electron chi connectivity index (χ0n) is 12.8. The third-order valence-corrected chi connectivity index (χ3v) is 2.83. The molecule has 0 aliphatic heterocycles. The monoisotopic (exact) mass is 293 g/mol. The normalized spacial score (nSPS) is 10.0. The first kappa shape index (κ1) is 17.0. The number of benzene rings is 1. The van der Waals surface area contributed by atoms with Crippen molar-refractivity contribution in [2.45, 2.75) is 12.8 Å². The van der Waals surface area contributed by atoms with Gasteiger partial charge in [-0.3, -0.25) is 9.59 Å². The highest BCUT2D eigenvalue weighted by Crippen LogP contribution is 2.16. The van der Waals surface area contributed by atoms with E-state index in [0.29, 0.717) is 12.2 Å². The Kier molecular flexibility index (Phi) is 7.25. The fourth-order valence-electron chi connectivity index (χ4n) is 1.56. The Morgan fingerprint density at radius 3 is 2.43 bits per heavy atom. The number of rotatable bonds is 8. The second kappa shape index (κ2) is 8.97. The van der Waals surface area contributed by atoms with Gasteiger partial charge in [0.2, 0.25) is 5.91 Å². The van der Waals surface area contributed by atoms with Crippen LogP contribution in [-0.2, 0) is 9.59 Å². The van der Waals surface area contributed by atoms with E-state index in [-0.39, 0.29) is 18.4 Å². The molecule has 0 unspecified atom stereocenters. The molecule has 0 radical (unpaired) electrons. The third kappa shape index (κ3) is 6.76. The van der Waals surface area contributed by atoms with Crippen molar-refractivity contribution in [2.75, 3.05) is 39.6 Å². The lowest BCUT2D eigenvalue weighted by atomic mass is 10.2. The van der Waals surface area contributed by atoms with Crippen molar-refractivity contribution < 1.29 is 14.3 Å². The van der Waals surface area contributed by atoms with Crippen LogP contribution in [0.25, 0.3) is 0 Å². The average molecular weight is 293 g/mol. The second-order valence-corrected chi connectivity index (χ2v) is 4.86. The molecule has 1 aromatic carbocycles. The Bertz CT molecular complexity index is 458. The minimum atomic E-state index is -0.100. The van der Waals surface area contributed by atoms with Crippen LogP contribution in [0.2, 0.25) is 0 Å². The lowest BCUT2D eigenvalue weighted by Crippen LogP contribution is -2.27. The van der Waals surface area contributed by atoms with Crippen molar-refractivity contribution in [3.05, 3.63) is 24.3 Å². The Balaban J connectivity index is 2.39. The van der Waals surface area contributed by atoms with Crippen molar-refractivity contribution in [1.82, 2.24) is 10.2 Å². The second-order valence-electron chi connectivity index (χ2n) is 4.86. The molecule has 0 saturated heterocycles. The quantitative estimate of drug-likeness (QED) is 0.704.